The van der Waals surface area contributed by atoms with E-state index in [1.54, 1.807) is 13.0 Å². The van der Waals surface area contributed by atoms with Crippen LogP contribution in [0.25, 0.3) is 0 Å². The van der Waals surface area contributed by atoms with Crippen molar-refractivity contribution in [3.05, 3.63) is 0 Å². The Morgan fingerprint density at radius 3 is 2.00 bits per heavy atom. The van der Waals surface area contributed by atoms with Crippen LogP contribution in [0.4, 0.5) is 0 Å². The highest BCUT2D eigenvalue weighted by molar-refractivity contribution is 6.63. The van der Waals surface area contributed by atoms with Crippen LogP contribution in [0, 0.1) is 11.3 Å². The Morgan fingerprint density at radius 1 is 1.88 bits per heavy atom. The van der Waals surface area contributed by atoms with Crippen molar-refractivity contribution in [1.82, 2.24) is 0 Å². The molecule has 0 bridgehead atoms. The zero-order valence-corrected chi connectivity index (χ0v) is 5.70. The summed E-state index contributed by atoms with van der Waals surface area (Å²) in [6.45, 7) is 3.15. The topological polar surface area (TPSA) is 40.9 Å². The molecule has 0 aromatic heterocycles. The number of halogens is 1. The maximum Gasteiger partial charge on any atom is 0.221 e. The van der Waals surface area contributed by atoms with Crippen molar-refractivity contribution < 1.29 is 4.79 Å². The van der Waals surface area contributed by atoms with E-state index >= 15 is 0 Å². The van der Waals surface area contributed by atoms with E-state index in [-0.39, 0.29) is 5.24 Å². The minimum atomic E-state index is -0.273. The fraction of sp³-hybridized carbons (Fsp3) is 0.600. The zero-order chi connectivity index (χ0) is 6.99. The van der Waals surface area contributed by atoms with Crippen LogP contribution in [0.5, 0.6) is 0 Å². The SMILES string of the molecule is CC#N.CCC(=O)Cl. The largest absolute Gasteiger partial charge is 0.281 e. The highest BCUT2D eigenvalue weighted by atomic mass is 35.5. The lowest BCUT2D eigenvalue weighted by molar-refractivity contribution is -0.111. The van der Waals surface area contributed by atoms with Gasteiger partial charge in [0.2, 0.25) is 5.24 Å². The first-order valence-corrected chi connectivity index (χ1v) is 2.56. The summed E-state index contributed by atoms with van der Waals surface area (Å²) in [5.41, 5.74) is 0. The molecule has 0 atom stereocenters. The molecule has 0 heterocycles. The summed E-state index contributed by atoms with van der Waals surface area (Å²) in [5.74, 6) is 0. The second-order valence-corrected chi connectivity index (χ2v) is 1.35. The van der Waals surface area contributed by atoms with Crippen LogP contribution >= 0.6 is 11.6 Å². The molecule has 3 heteroatoms. The number of nitrogens with zero attached hydrogens (tertiary/aromatic N) is 1. The molecule has 0 rings (SSSR count). The maximum atomic E-state index is 9.58. The highest BCUT2D eigenvalue weighted by Crippen LogP contribution is 1.81. The van der Waals surface area contributed by atoms with Crippen molar-refractivity contribution in [3.63, 3.8) is 0 Å². The van der Waals surface area contributed by atoms with E-state index in [0.29, 0.717) is 6.42 Å². The second kappa shape index (κ2) is 9.67. The summed E-state index contributed by atoms with van der Waals surface area (Å²) in [5, 5.41) is 7.05. The molecule has 0 saturated heterocycles. The van der Waals surface area contributed by atoms with Crippen LogP contribution < -0.4 is 0 Å². The van der Waals surface area contributed by atoms with E-state index in [1.165, 1.54) is 6.92 Å². The molecule has 0 fully saturated rings. The third kappa shape index (κ3) is 51.3. The predicted molar refractivity (Wildman–Crippen MR) is 32.4 cm³/mol. The average Bonchev–Trinajstić information content (AvgIpc) is 1.69. The summed E-state index contributed by atoms with van der Waals surface area (Å²) >= 11 is 4.82. The summed E-state index contributed by atoms with van der Waals surface area (Å²) in [6, 6.07) is 1.75. The fourth-order valence-electron chi connectivity index (χ4n) is 0. The Hall–Kier alpha value is -0.550. The number of rotatable bonds is 1. The standard InChI is InChI=1S/C3H5ClO.C2H3N/c1-2-3(4)5;1-2-3/h2H2,1H3;1H3. The van der Waals surface area contributed by atoms with Crippen molar-refractivity contribution in [1.29, 1.82) is 5.26 Å². The minimum absolute atomic E-state index is 0.273. The molecule has 0 aromatic rings. The summed E-state index contributed by atoms with van der Waals surface area (Å²) < 4.78 is 0. The lowest BCUT2D eigenvalue weighted by Crippen LogP contribution is -1.74. The van der Waals surface area contributed by atoms with E-state index in [0.717, 1.165) is 0 Å². The zero-order valence-electron chi connectivity index (χ0n) is 4.94. The summed E-state index contributed by atoms with van der Waals surface area (Å²) in [4.78, 5) is 9.58. The third-order valence-corrected chi connectivity index (χ3v) is 0.545. The van der Waals surface area contributed by atoms with E-state index in [4.69, 9.17) is 16.9 Å². The molecular formula is C5H8ClNO. The lowest BCUT2D eigenvalue weighted by Gasteiger charge is -1.68. The van der Waals surface area contributed by atoms with Gasteiger partial charge in [0.25, 0.3) is 0 Å². The normalized spacial score (nSPS) is 5.75. The van der Waals surface area contributed by atoms with Gasteiger partial charge in [-0.15, -0.1) is 0 Å². The van der Waals surface area contributed by atoms with Gasteiger partial charge in [-0.25, -0.2) is 0 Å². The van der Waals surface area contributed by atoms with E-state index in [2.05, 4.69) is 0 Å². The van der Waals surface area contributed by atoms with Crippen molar-refractivity contribution in [3.8, 4) is 6.07 Å². The van der Waals surface area contributed by atoms with Gasteiger partial charge in [-0.3, -0.25) is 4.79 Å². The second-order valence-electron chi connectivity index (χ2n) is 0.932. The third-order valence-electron chi connectivity index (χ3n) is 0.278. The van der Waals surface area contributed by atoms with Gasteiger partial charge in [0, 0.05) is 13.3 Å². The van der Waals surface area contributed by atoms with E-state index in [9.17, 15) is 4.79 Å². The monoisotopic (exact) mass is 133 g/mol. The quantitative estimate of drug-likeness (QED) is 0.511. The maximum absolute atomic E-state index is 9.58. The van der Waals surface area contributed by atoms with Gasteiger partial charge in [0.05, 0.1) is 6.07 Å². The van der Waals surface area contributed by atoms with Gasteiger partial charge in [0.15, 0.2) is 0 Å². The molecule has 0 unspecified atom stereocenters. The van der Waals surface area contributed by atoms with Gasteiger partial charge >= 0.3 is 0 Å². The van der Waals surface area contributed by atoms with Crippen LogP contribution in [0.2, 0.25) is 0 Å². The summed E-state index contributed by atoms with van der Waals surface area (Å²) in [6.07, 6.45) is 0.432. The van der Waals surface area contributed by atoms with Gasteiger partial charge in [-0.2, -0.15) is 5.26 Å². The molecule has 0 amide bonds. The first-order chi connectivity index (χ1) is 3.68. The average molecular weight is 134 g/mol. The summed E-state index contributed by atoms with van der Waals surface area (Å²) in [7, 11) is 0. The predicted octanol–water partition coefficient (Wildman–Crippen LogP) is 1.69. The van der Waals surface area contributed by atoms with E-state index < -0.39 is 0 Å². The first-order valence-electron chi connectivity index (χ1n) is 2.18. The number of hydrogen-bond donors (Lipinski definition) is 0. The number of nitriles is 1. The molecule has 0 radical (unpaired) electrons. The molecular weight excluding hydrogens is 126 g/mol. The van der Waals surface area contributed by atoms with Crippen LogP contribution in [-0.2, 0) is 4.79 Å². The number of carbonyl (C=O) groups is 1. The molecule has 0 aliphatic rings. The smallest absolute Gasteiger partial charge is 0.221 e. The molecule has 0 aliphatic carbocycles. The Labute approximate surface area is 54.1 Å². The number of carbonyl (C=O) groups excluding carboxylic acids is 1. The Kier molecular flexibility index (Phi) is 12.6. The van der Waals surface area contributed by atoms with Crippen molar-refractivity contribution in [2.75, 3.05) is 0 Å². The van der Waals surface area contributed by atoms with Gasteiger partial charge in [-0.05, 0) is 11.6 Å². The van der Waals surface area contributed by atoms with E-state index in [1.807, 2.05) is 0 Å². The fourth-order valence-corrected chi connectivity index (χ4v) is 0. The molecule has 46 valence electrons. The molecule has 0 aliphatic heterocycles. The van der Waals surface area contributed by atoms with Gasteiger partial charge in [0.1, 0.15) is 0 Å². The highest BCUT2D eigenvalue weighted by Gasteiger charge is 1.81. The molecule has 2 nitrogen and oxygen atoms in total. The van der Waals surface area contributed by atoms with Crippen LogP contribution in [-0.4, -0.2) is 5.24 Å². The Balaban J connectivity index is 0. The molecule has 0 aromatic carbocycles. The molecule has 0 N–H and O–H groups in total. The Morgan fingerprint density at radius 2 is 2.00 bits per heavy atom. The van der Waals surface area contributed by atoms with Crippen LogP contribution in [0.15, 0.2) is 0 Å². The van der Waals surface area contributed by atoms with Crippen molar-refractivity contribution in [2.45, 2.75) is 20.3 Å². The van der Waals surface area contributed by atoms with Gasteiger partial charge in [-0.1, -0.05) is 6.92 Å². The van der Waals surface area contributed by atoms with Crippen LogP contribution in [0.3, 0.4) is 0 Å². The van der Waals surface area contributed by atoms with Crippen molar-refractivity contribution >= 4 is 16.8 Å². The van der Waals surface area contributed by atoms with Crippen LogP contribution in [0.1, 0.15) is 20.3 Å². The Bertz CT molecular complexity index is 95.1. The molecule has 0 saturated carbocycles. The number of hydrogen-bond acceptors (Lipinski definition) is 2. The van der Waals surface area contributed by atoms with Gasteiger partial charge < -0.3 is 0 Å². The van der Waals surface area contributed by atoms with Crippen molar-refractivity contribution in [2.24, 2.45) is 0 Å². The first kappa shape index (κ1) is 10.4. The molecule has 8 heavy (non-hydrogen) atoms. The lowest BCUT2D eigenvalue weighted by atomic mass is 10.6. The molecule has 0 spiro atoms. The minimum Gasteiger partial charge on any atom is -0.281 e.